The van der Waals surface area contributed by atoms with Gasteiger partial charge in [-0.15, -0.1) is 5.10 Å². The summed E-state index contributed by atoms with van der Waals surface area (Å²) in [7, 11) is 0. The predicted molar refractivity (Wildman–Crippen MR) is 50.3 cm³/mol. The van der Waals surface area contributed by atoms with E-state index in [1.54, 1.807) is 4.68 Å². The maximum absolute atomic E-state index is 9.48. The average Bonchev–Trinajstić information content (AvgIpc) is 2.64. The standard InChI is InChI=1S/C9H17N3O/c1-4-7(3)12-6-8(10-11-12)9(13)5-2/h6-7,9,13H,4-5H2,1-3H3. The maximum atomic E-state index is 9.48. The van der Waals surface area contributed by atoms with Crippen LogP contribution in [0, 0.1) is 0 Å². The predicted octanol–water partition coefficient (Wildman–Crippen LogP) is 1.69. The van der Waals surface area contributed by atoms with Crippen molar-refractivity contribution in [2.24, 2.45) is 0 Å². The molecule has 74 valence electrons. The molecule has 0 fully saturated rings. The molecule has 1 aromatic heterocycles. The fourth-order valence-electron chi connectivity index (χ4n) is 1.05. The first kappa shape index (κ1) is 10.2. The third kappa shape index (κ3) is 2.28. The van der Waals surface area contributed by atoms with Crippen LogP contribution in [0.5, 0.6) is 0 Å². The van der Waals surface area contributed by atoms with Gasteiger partial charge in [0.2, 0.25) is 0 Å². The summed E-state index contributed by atoms with van der Waals surface area (Å²) in [6.45, 7) is 6.10. The normalized spacial score (nSPS) is 15.7. The number of hydrogen-bond acceptors (Lipinski definition) is 3. The van der Waals surface area contributed by atoms with Crippen molar-refractivity contribution in [3.8, 4) is 0 Å². The van der Waals surface area contributed by atoms with Crippen LogP contribution in [-0.4, -0.2) is 20.1 Å². The van der Waals surface area contributed by atoms with E-state index in [1.165, 1.54) is 0 Å². The summed E-state index contributed by atoms with van der Waals surface area (Å²) in [5.41, 5.74) is 0.669. The van der Waals surface area contributed by atoms with E-state index in [2.05, 4.69) is 24.2 Å². The lowest BCUT2D eigenvalue weighted by Crippen LogP contribution is -2.04. The molecule has 0 aliphatic carbocycles. The van der Waals surface area contributed by atoms with Crippen molar-refractivity contribution in [1.29, 1.82) is 0 Å². The summed E-state index contributed by atoms with van der Waals surface area (Å²) in [6.07, 6.45) is 3.05. The fourth-order valence-corrected chi connectivity index (χ4v) is 1.05. The van der Waals surface area contributed by atoms with E-state index in [9.17, 15) is 5.11 Å². The Kier molecular flexibility index (Phi) is 3.42. The lowest BCUT2D eigenvalue weighted by atomic mass is 10.2. The molecule has 4 nitrogen and oxygen atoms in total. The Bertz CT molecular complexity index is 235. The highest BCUT2D eigenvalue weighted by Crippen LogP contribution is 2.15. The summed E-state index contributed by atoms with van der Waals surface area (Å²) in [4.78, 5) is 0. The van der Waals surface area contributed by atoms with E-state index in [-0.39, 0.29) is 0 Å². The Labute approximate surface area is 78.6 Å². The fraction of sp³-hybridized carbons (Fsp3) is 0.778. The molecule has 0 aliphatic heterocycles. The summed E-state index contributed by atoms with van der Waals surface area (Å²) in [5, 5.41) is 17.4. The van der Waals surface area contributed by atoms with Crippen molar-refractivity contribution < 1.29 is 5.11 Å². The Morgan fingerprint density at radius 3 is 2.69 bits per heavy atom. The highest BCUT2D eigenvalue weighted by molar-refractivity contribution is 4.97. The van der Waals surface area contributed by atoms with Crippen LogP contribution in [0.4, 0.5) is 0 Å². The molecule has 2 unspecified atom stereocenters. The molecule has 0 aliphatic rings. The van der Waals surface area contributed by atoms with E-state index in [1.807, 2.05) is 13.1 Å². The van der Waals surface area contributed by atoms with Crippen molar-refractivity contribution in [1.82, 2.24) is 15.0 Å². The number of hydrogen-bond donors (Lipinski definition) is 1. The van der Waals surface area contributed by atoms with Crippen molar-refractivity contribution in [2.75, 3.05) is 0 Å². The van der Waals surface area contributed by atoms with Gasteiger partial charge in [-0.3, -0.25) is 0 Å². The van der Waals surface area contributed by atoms with Crippen molar-refractivity contribution in [2.45, 2.75) is 45.8 Å². The molecule has 0 saturated carbocycles. The SMILES string of the molecule is CCC(O)c1cn(C(C)CC)nn1. The van der Waals surface area contributed by atoms with Gasteiger partial charge in [-0.1, -0.05) is 19.1 Å². The zero-order chi connectivity index (χ0) is 9.84. The number of nitrogens with zero attached hydrogens (tertiary/aromatic N) is 3. The molecule has 0 amide bonds. The van der Waals surface area contributed by atoms with Gasteiger partial charge in [0.05, 0.1) is 18.3 Å². The molecule has 1 N–H and O–H groups in total. The second kappa shape index (κ2) is 4.37. The molecule has 2 atom stereocenters. The second-order valence-electron chi connectivity index (χ2n) is 3.30. The number of aliphatic hydroxyl groups excluding tert-OH is 1. The van der Waals surface area contributed by atoms with Gasteiger partial charge in [-0.05, 0) is 19.8 Å². The monoisotopic (exact) mass is 183 g/mol. The molecule has 1 aromatic rings. The van der Waals surface area contributed by atoms with Gasteiger partial charge in [0.15, 0.2) is 0 Å². The molecule has 0 radical (unpaired) electrons. The Morgan fingerprint density at radius 2 is 2.15 bits per heavy atom. The minimum Gasteiger partial charge on any atom is -0.387 e. The molecule has 1 rings (SSSR count). The largest absolute Gasteiger partial charge is 0.387 e. The van der Waals surface area contributed by atoms with E-state index in [4.69, 9.17) is 0 Å². The van der Waals surface area contributed by atoms with Gasteiger partial charge in [0.1, 0.15) is 5.69 Å². The first-order valence-electron chi connectivity index (χ1n) is 4.78. The second-order valence-corrected chi connectivity index (χ2v) is 3.30. The Morgan fingerprint density at radius 1 is 1.46 bits per heavy atom. The Hall–Kier alpha value is -0.900. The molecule has 0 bridgehead atoms. The van der Waals surface area contributed by atoms with Gasteiger partial charge in [0, 0.05) is 0 Å². The molecular formula is C9H17N3O. The third-order valence-corrected chi connectivity index (χ3v) is 2.30. The van der Waals surface area contributed by atoms with E-state index < -0.39 is 6.10 Å². The quantitative estimate of drug-likeness (QED) is 0.772. The van der Waals surface area contributed by atoms with Crippen LogP contribution in [0.2, 0.25) is 0 Å². The van der Waals surface area contributed by atoms with Gasteiger partial charge < -0.3 is 5.11 Å². The van der Waals surface area contributed by atoms with Crippen LogP contribution in [0.15, 0.2) is 6.20 Å². The van der Waals surface area contributed by atoms with Crippen LogP contribution in [0.1, 0.15) is 51.5 Å². The average molecular weight is 183 g/mol. The highest BCUT2D eigenvalue weighted by atomic mass is 16.3. The molecule has 0 spiro atoms. The topological polar surface area (TPSA) is 50.9 Å². The highest BCUT2D eigenvalue weighted by Gasteiger charge is 2.11. The Balaban J connectivity index is 2.74. The zero-order valence-corrected chi connectivity index (χ0v) is 8.44. The third-order valence-electron chi connectivity index (χ3n) is 2.30. The van der Waals surface area contributed by atoms with Gasteiger partial charge >= 0.3 is 0 Å². The molecule has 0 saturated heterocycles. The lowest BCUT2D eigenvalue weighted by Gasteiger charge is -2.06. The van der Waals surface area contributed by atoms with Crippen molar-refractivity contribution in [3.05, 3.63) is 11.9 Å². The number of aromatic nitrogens is 3. The van der Waals surface area contributed by atoms with E-state index in [0.717, 1.165) is 6.42 Å². The summed E-state index contributed by atoms with van der Waals surface area (Å²) in [6, 6.07) is 0.352. The van der Waals surface area contributed by atoms with E-state index >= 15 is 0 Å². The summed E-state index contributed by atoms with van der Waals surface area (Å²) >= 11 is 0. The van der Waals surface area contributed by atoms with Crippen LogP contribution in [0.3, 0.4) is 0 Å². The lowest BCUT2D eigenvalue weighted by molar-refractivity contribution is 0.168. The molecular weight excluding hydrogens is 166 g/mol. The molecule has 4 heteroatoms. The molecule has 0 aromatic carbocycles. The summed E-state index contributed by atoms with van der Waals surface area (Å²) in [5.74, 6) is 0. The molecule has 1 heterocycles. The van der Waals surface area contributed by atoms with Crippen LogP contribution in [-0.2, 0) is 0 Å². The summed E-state index contributed by atoms with van der Waals surface area (Å²) < 4.78 is 1.80. The van der Waals surface area contributed by atoms with Crippen molar-refractivity contribution in [3.63, 3.8) is 0 Å². The van der Waals surface area contributed by atoms with Crippen molar-refractivity contribution >= 4 is 0 Å². The van der Waals surface area contributed by atoms with Gasteiger partial charge in [-0.25, -0.2) is 4.68 Å². The number of aliphatic hydroxyl groups is 1. The first-order chi connectivity index (χ1) is 6.19. The number of rotatable bonds is 4. The minimum atomic E-state index is -0.474. The van der Waals surface area contributed by atoms with Gasteiger partial charge in [0.25, 0.3) is 0 Å². The van der Waals surface area contributed by atoms with E-state index in [0.29, 0.717) is 18.2 Å². The first-order valence-corrected chi connectivity index (χ1v) is 4.78. The smallest absolute Gasteiger partial charge is 0.111 e. The van der Waals surface area contributed by atoms with Gasteiger partial charge in [-0.2, -0.15) is 0 Å². The van der Waals surface area contributed by atoms with Crippen LogP contribution >= 0.6 is 0 Å². The molecule has 13 heavy (non-hydrogen) atoms. The van der Waals surface area contributed by atoms with Crippen LogP contribution < -0.4 is 0 Å². The zero-order valence-electron chi connectivity index (χ0n) is 8.44. The maximum Gasteiger partial charge on any atom is 0.111 e. The van der Waals surface area contributed by atoms with Crippen LogP contribution in [0.25, 0.3) is 0 Å². The minimum absolute atomic E-state index is 0.352.